The highest BCUT2D eigenvalue weighted by Gasteiger charge is 2.13. The zero-order valence-electron chi connectivity index (χ0n) is 9.29. The zero-order valence-corrected chi connectivity index (χ0v) is 12.2. The molecule has 0 aliphatic heterocycles. The predicted octanol–water partition coefficient (Wildman–Crippen LogP) is 4.51. The Morgan fingerprint density at radius 3 is 2.44 bits per heavy atom. The highest BCUT2D eigenvalue weighted by Crippen LogP contribution is 2.21. The first-order valence-corrected chi connectivity index (χ1v) is 6.75. The third kappa shape index (κ3) is 3.09. The fourth-order valence-corrected chi connectivity index (χ4v) is 2.19. The number of hydrogen-bond acceptors (Lipinski definition) is 1. The third-order valence-electron chi connectivity index (χ3n) is 2.57. The van der Waals surface area contributed by atoms with E-state index in [1.807, 2.05) is 12.1 Å². The van der Waals surface area contributed by atoms with Gasteiger partial charge in [0.15, 0.2) is 5.78 Å². The summed E-state index contributed by atoms with van der Waals surface area (Å²) in [6.07, 6.45) is -0.0217. The van der Waals surface area contributed by atoms with Gasteiger partial charge >= 0.3 is 0 Å². The lowest BCUT2D eigenvalue weighted by molar-refractivity contribution is 0.0992. The number of carbonyl (C=O) groups is 1. The molecule has 18 heavy (non-hydrogen) atoms. The fraction of sp³-hybridized carbons (Fsp3) is 0.0714. The van der Waals surface area contributed by atoms with E-state index in [-0.39, 0.29) is 22.8 Å². The van der Waals surface area contributed by atoms with E-state index in [1.165, 1.54) is 12.1 Å². The molecule has 0 N–H and O–H groups in total. The van der Waals surface area contributed by atoms with E-state index in [0.717, 1.165) is 3.57 Å². The van der Waals surface area contributed by atoms with Crippen molar-refractivity contribution in [3.63, 3.8) is 0 Å². The van der Waals surface area contributed by atoms with Crippen LogP contribution in [0.25, 0.3) is 0 Å². The lowest BCUT2D eigenvalue weighted by Crippen LogP contribution is -2.05. The highest BCUT2D eigenvalue weighted by molar-refractivity contribution is 14.1. The largest absolute Gasteiger partial charge is 0.294 e. The molecule has 0 aliphatic carbocycles. The maximum atomic E-state index is 13.6. The maximum absolute atomic E-state index is 13.6. The minimum atomic E-state index is -0.443. The van der Waals surface area contributed by atoms with Crippen LogP contribution >= 0.6 is 34.2 Å². The van der Waals surface area contributed by atoms with Gasteiger partial charge in [-0.3, -0.25) is 4.79 Å². The quantitative estimate of drug-likeness (QED) is 0.571. The monoisotopic (exact) mass is 374 g/mol. The second-order valence-corrected chi connectivity index (χ2v) is 5.46. The fourth-order valence-electron chi connectivity index (χ4n) is 1.60. The predicted molar refractivity (Wildman–Crippen MR) is 78.6 cm³/mol. The average molecular weight is 375 g/mol. The first-order valence-electron chi connectivity index (χ1n) is 5.29. The molecule has 0 atom stereocenters. The smallest absolute Gasteiger partial charge is 0.167 e. The average Bonchev–Trinajstić information content (AvgIpc) is 2.34. The number of halogens is 3. The summed E-state index contributed by atoms with van der Waals surface area (Å²) < 4.78 is 14.6. The number of hydrogen-bond donors (Lipinski definition) is 0. The molecule has 0 bridgehead atoms. The number of ketones is 1. The van der Waals surface area contributed by atoms with Gasteiger partial charge in [0.1, 0.15) is 5.82 Å². The van der Waals surface area contributed by atoms with Crippen LogP contribution in [0.4, 0.5) is 4.39 Å². The Hall–Kier alpha value is -0.940. The Kier molecular flexibility index (Phi) is 4.35. The van der Waals surface area contributed by atoms with E-state index in [2.05, 4.69) is 22.6 Å². The van der Waals surface area contributed by atoms with Crippen molar-refractivity contribution in [1.29, 1.82) is 0 Å². The Balaban J connectivity index is 2.24. The van der Waals surface area contributed by atoms with E-state index < -0.39 is 5.82 Å². The van der Waals surface area contributed by atoms with Crippen LogP contribution in [-0.4, -0.2) is 5.78 Å². The Bertz CT molecular complexity index is 561. The van der Waals surface area contributed by atoms with Crippen LogP contribution in [0.2, 0.25) is 5.02 Å². The third-order valence-corrected chi connectivity index (χ3v) is 3.64. The number of carbonyl (C=O) groups excluding carboxylic acids is 1. The normalized spacial score (nSPS) is 10.4. The van der Waals surface area contributed by atoms with Crippen LogP contribution in [0.1, 0.15) is 15.9 Å². The summed E-state index contributed by atoms with van der Waals surface area (Å²) >= 11 is 8.05. The molecular formula is C14H9ClFIO. The molecule has 2 aromatic carbocycles. The Morgan fingerprint density at radius 2 is 1.83 bits per heavy atom. The van der Waals surface area contributed by atoms with Crippen LogP contribution in [0, 0.1) is 9.39 Å². The molecule has 0 heterocycles. The molecule has 2 rings (SSSR count). The van der Waals surface area contributed by atoms with Gasteiger partial charge < -0.3 is 0 Å². The molecule has 0 saturated carbocycles. The van der Waals surface area contributed by atoms with Gasteiger partial charge in [-0.2, -0.15) is 0 Å². The van der Waals surface area contributed by atoms with E-state index in [1.54, 1.807) is 18.2 Å². The summed E-state index contributed by atoms with van der Waals surface area (Å²) in [5.41, 5.74) is 0.817. The summed E-state index contributed by atoms with van der Waals surface area (Å²) in [6.45, 7) is 0. The summed E-state index contributed by atoms with van der Waals surface area (Å²) in [7, 11) is 0. The molecule has 0 saturated heterocycles. The Labute approximate surface area is 123 Å². The molecule has 0 radical (unpaired) electrons. The van der Waals surface area contributed by atoms with Gasteiger partial charge in [0.2, 0.25) is 0 Å². The van der Waals surface area contributed by atoms with Crippen molar-refractivity contribution in [2.45, 2.75) is 6.42 Å². The molecular weight excluding hydrogens is 366 g/mol. The van der Waals surface area contributed by atoms with Gasteiger partial charge in [0.05, 0.1) is 0 Å². The van der Waals surface area contributed by atoms with Gasteiger partial charge in [0, 0.05) is 26.1 Å². The van der Waals surface area contributed by atoms with Crippen molar-refractivity contribution in [2.75, 3.05) is 0 Å². The van der Waals surface area contributed by atoms with E-state index in [4.69, 9.17) is 11.6 Å². The summed E-state index contributed by atoms with van der Waals surface area (Å²) in [5.74, 6) is -0.584. The minimum absolute atomic E-state index is 0.0217. The second kappa shape index (κ2) is 5.80. The zero-order chi connectivity index (χ0) is 13.1. The van der Waals surface area contributed by atoms with Crippen LogP contribution in [0.5, 0.6) is 0 Å². The minimum Gasteiger partial charge on any atom is -0.294 e. The summed E-state index contributed by atoms with van der Waals surface area (Å²) in [4.78, 5) is 12.0. The second-order valence-electron chi connectivity index (χ2n) is 3.81. The van der Waals surface area contributed by atoms with E-state index >= 15 is 0 Å². The van der Waals surface area contributed by atoms with Crippen LogP contribution < -0.4 is 0 Å². The molecule has 0 unspecified atom stereocenters. The standard InChI is InChI=1S/C14H9ClFIO/c15-12-2-1-3-13(16)11(12)8-14(18)9-4-6-10(17)7-5-9/h1-7H,8H2. The molecule has 0 amide bonds. The molecule has 0 fully saturated rings. The Morgan fingerprint density at radius 1 is 1.17 bits per heavy atom. The summed E-state index contributed by atoms with van der Waals surface area (Å²) in [6, 6.07) is 11.6. The van der Waals surface area contributed by atoms with Gasteiger partial charge in [-0.05, 0) is 46.9 Å². The molecule has 1 nitrogen and oxygen atoms in total. The first kappa shape index (κ1) is 13.5. The molecule has 0 spiro atoms. The van der Waals surface area contributed by atoms with Crippen molar-refractivity contribution in [3.8, 4) is 0 Å². The number of benzene rings is 2. The van der Waals surface area contributed by atoms with Crippen molar-refractivity contribution >= 4 is 40.0 Å². The molecule has 4 heteroatoms. The van der Waals surface area contributed by atoms with E-state index in [0.29, 0.717) is 5.56 Å². The van der Waals surface area contributed by atoms with Crippen molar-refractivity contribution in [3.05, 3.63) is 68.0 Å². The van der Waals surface area contributed by atoms with Crippen molar-refractivity contribution < 1.29 is 9.18 Å². The lowest BCUT2D eigenvalue weighted by Gasteiger charge is -2.05. The van der Waals surface area contributed by atoms with Crippen LogP contribution in [-0.2, 0) is 6.42 Å². The van der Waals surface area contributed by atoms with Gasteiger partial charge in [0.25, 0.3) is 0 Å². The SMILES string of the molecule is O=C(Cc1c(F)cccc1Cl)c1ccc(I)cc1. The molecule has 2 aromatic rings. The molecule has 92 valence electrons. The highest BCUT2D eigenvalue weighted by atomic mass is 127. The summed E-state index contributed by atoms with van der Waals surface area (Å²) in [5, 5.41) is 0.286. The lowest BCUT2D eigenvalue weighted by atomic mass is 10.0. The molecule has 0 aromatic heterocycles. The maximum Gasteiger partial charge on any atom is 0.167 e. The first-order chi connectivity index (χ1) is 8.58. The van der Waals surface area contributed by atoms with Crippen molar-refractivity contribution in [2.24, 2.45) is 0 Å². The van der Waals surface area contributed by atoms with Gasteiger partial charge in [-0.25, -0.2) is 4.39 Å². The van der Waals surface area contributed by atoms with Gasteiger partial charge in [-0.15, -0.1) is 0 Å². The molecule has 0 aliphatic rings. The number of Topliss-reactive ketones (excluding diaryl/α,β-unsaturated/α-hetero) is 1. The van der Waals surface area contributed by atoms with Gasteiger partial charge in [-0.1, -0.05) is 29.8 Å². The van der Waals surface area contributed by atoms with Crippen molar-refractivity contribution in [1.82, 2.24) is 0 Å². The van der Waals surface area contributed by atoms with Crippen LogP contribution in [0.15, 0.2) is 42.5 Å². The van der Waals surface area contributed by atoms with E-state index in [9.17, 15) is 9.18 Å². The number of rotatable bonds is 3. The topological polar surface area (TPSA) is 17.1 Å². The van der Waals surface area contributed by atoms with Crippen LogP contribution in [0.3, 0.4) is 0 Å².